The van der Waals surface area contributed by atoms with Crippen LogP contribution in [0, 0.1) is 0 Å². The van der Waals surface area contributed by atoms with Crippen LogP contribution in [0.1, 0.15) is 18.6 Å². The van der Waals surface area contributed by atoms with E-state index >= 15 is 0 Å². The van der Waals surface area contributed by atoms with Gasteiger partial charge in [-0.05, 0) is 24.6 Å². The van der Waals surface area contributed by atoms with E-state index in [4.69, 9.17) is 9.72 Å². The molecule has 0 aliphatic rings. The summed E-state index contributed by atoms with van der Waals surface area (Å²) in [7, 11) is 1.74. The number of aromatic nitrogens is 1. The summed E-state index contributed by atoms with van der Waals surface area (Å²) in [4.78, 5) is 4.70. The Morgan fingerprint density at radius 2 is 1.39 bits per heavy atom. The minimum Gasteiger partial charge on any atom is -0.377 e. The molecular weight excluding hydrogens is 222 g/mol. The van der Waals surface area contributed by atoms with Crippen molar-refractivity contribution >= 4 is 21.8 Å². The number of rotatable bonds is 2. The fourth-order valence-corrected chi connectivity index (χ4v) is 2.43. The minimum atomic E-state index is 0.0581. The van der Waals surface area contributed by atoms with Gasteiger partial charge in [-0.15, -0.1) is 0 Å². The Morgan fingerprint density at radius 1 is 0.889 bits per heavy atom. The molecule has 90 valence electrons. The molecule has 1 unspecified atom stereocenters. The van der Waals surface area contributed by atoms with Crippen molar-refractivity contribution in [1.29, 1.82) is 0 Å². The van der Waals surface area contributed by atoms with Crippen LogP contribution in [-0.2, 0) is 4.74 Å². The number of fused-ring (bicyclic) bond motifs is 2. The average molecular weight is 237 g/mol. The van der Waals surface area contributed by atoms with Crippen molar-refractivity contribution in [2.24, 2.45) is 0 Å². The molecule has 0 aliphatic heterocycles. The standard InChI is InChI=1S/C16H15NO/c1-11(18-2)16-12-7-3-5-9-14(12)17-15-10-6-4-8-13(15)16/h3-11H,1-2H3. The average Bonchev–Trinajstić information content (AvgIpc) is 2.44. The Labute approximate surface area is 106 Å². The zero-order chi connectivity index (χ0) is 12.5. The van der Waals surface area contributed by atoms with Gasteiger partial charge in [-0.3, -0.25) is 0 Å². The van der Waals surface area contributed by atoms with Crippen molar-refractivity contribution < 1.29 is 4.74 Å². The fourth-order valence-electron chi connectivity index (χ4n) is 2.43. The lowest BCUT2D eigenvalue weighted by Gasteiger charge is -2.15. The fraction of sp³-hybridized carbons (Fsp3) is 0.188. The van der Waals surface area contributed by atoms with Gasteiger partial charge in [0.25, 0.3) is 0 Å². The number of hydrogen-bond donors (Lipinski definition) is 0. The smallest absolute Gasteiger partial charge is 0.0806 e. The summed E-state index contributed by atoms with van der Waals surface area (Å²) in [5, 5.41) is 2.34. The van der Waals surface area contributed by atoms with Gasteiger partial charge in [0.2, 0.25) is 0 Å². The molecule has 2 heteroatoms. The summed E-state index contributed by atoms with van der Waals surface area (Å²) in [5.74, 6) is 0. The highest BCUT2D eigenvalue weighted by molar-refractivity contribution is 5.97. The van der Waals surface area contributed by atoms with Crippen LogP contribution in [0.5, 0.6) is 0 Å². The molecular formula is C16H15NO. The number of nitrogens with zero attached hydrogens (tertiary/aromatic N) is 1. The number of hydrogen-bond acceptors (Lipinski definition) is 2. The van der Waals surface area contributed by atoms with E-state index in [2.05, 4.69) is 19.1 Å². The first-order valence-electron chi connectivity index (χ1n) is 6.11. The van der Waals surface area contributed by atoms with Gasteiger partial charge in [0.15, 0.2) is 0 Å². The third-order valence-electron chi connectivity index (χ3n) is 3.39. The molecule has 0 N–H and O–H groups in total. The maximum Gasteiger partial charge on any atom is 0.0806 e. The van der Waals surface area contributed by atoms with Gasteiger partial charge in [-0.1, -0.05) is 36.4 Å². The van der Waals surface area contributed by atoms with Crippen molar-refractivity contribution in [3.63, 3.8) is 0 Å². The highest BCUT2D eigenvalue weighted by Crippen LogP contribution is 2.31. The SMILES string of the molecule is COC(C)c1c2ccccc2nc2ccccc12. The van der Waals surface area contributed by atoms with Gasteiger partial charge in [0.1, 0.15) is 0 Å². The summed E-state index contributed by atoms with van der Waals surface area (Å²) in [6.45, 7) is 2.08. The molecule has 0 bridgehead atoms. The molecule has 3 rings (SSSR count). The van der Waals surface area contributed by atoms with Crippen molar-refractivity contribution in [1.82, 2.24) is 4.98 Å². The van der Waals surface area contributed by atoms with Crippen LogP contribution in [0.15, 0.2) is 48.5 Å². The van der Waals surface area contributed by atoms with Gasteiger partial charge in [-0.25, -0.2) is 4.98 Å². The Bertz CT molecular complexity index is 652. The quantitative estimate of drug-likeness (QED) is 0.626. The molecule has 0 spiro atoms. The van der Waals surface area contributed by atoms with Crippen LogP contribution in [-0.4, -0.2) is 12.1 Å². The molecule has 0 saturated heterocycles. The Balaban J connectivity index is 2.49. The Hall–Kier alpha value is -1.93. The van der Waals surface area contributed by atoms with Crippen molar-refractivity contribution in [2.45, 2.75) is 13.0 Å². The maximum atomic E-state index is 5.52. The molecule has 1 atom stereocenters. The largest absolute Gasteiger partial charge is 0.377 e. The summed E-state index contributed by atoms with van der Waals surface area (Å²) in [6.07, 6.45) is 0.0581. The van der Waals surface area contributed by atoms with Crippen LogP contribution in [0.4, 0.5) is 0 Å². The van der Waals surface area contributed by atoms with E-state index in [0.29, 0.717) is 0 Å². The van der Waals surface area contributed by atoms with Crippen molar-refractivity contribution in [3.8, 4) is 0 Å². The Kier molecular flexibility index (Phi) is 2.73. The molecule has 0 amide bonds. The van der Waals surface area contributed by atoms with E-state index < -0.39 is 0 Å². The van der Waals surface area contributed by atoms with Gasteiger partial charge < -0.3 is 4.74 Å². The lowest BCUT2D eigenvalue weighted by atomic mass is 9.99. The zero-order valence-corrected chi connectivity index (χ0v) is 10.6. The molecule has 1 aromatic heterocycles. The highest BCUT2D eigenvalue weighted by Gasteiger charge is 2.13. The normalized spacial score (nSPS) is 13.0. The molecule has 0 fully saturated rings. The third kappa shape index (κ3) is 1.66. The first-order valence-corrected chi connectivity index (χ1v) is 6.11. The molecule has 2 aromatic carbocycles. The maximum absolute atomic E-state index is 5.52. The van der Waals surface area contributed by atoms with Crippen molar-refractivity contribution in [3.05, 3.63) is 54.1 Å². The Morgan fingerprint density at radius 3 is 1.89 bits per heavy atom. The summed E-state index contributed by atoms with van der Waals surface area (Å²) < 4.78 is 5.52. The predicted octanol–water partition coefficient (Wildman–Crippen LogP) is 4.10. The minimum absolute atomic E-state index is 0.0581. The van der Waals surface area contributed by atoms with Crippen LogP contribution >= 0.6 is 0 Å². The van der Waals surface area contributed by atoms with Crippen LogP contribution in [0.2, 0.25) is 0 Å². The summed E-state index contributed by atoms with van der Waals surface area (Å²) in [5.41, 5.74) is 3.27. The molecule has 1 heterocycles. The summed E-state index contributed by atoms with van der Waals surface area (Å²) >= 11 is 0. The van der Waals surface area contributed by atoms with Gasteiger partial charge >= 0.3 is 0 Å². The lowest BCUT2D eigenvalue weighted by molar-refractivity contribution is 0.122. The van der Waals surface area contributed by atoms with E-state index in [1.807, 2.05) is 36.4 Å². The molecule has 0 radical (unpaired) electrons. The first-order chi connectivity index (χ1) is 8.81. The van der Waals surface area contributed by atoms with E-state index in [-0.39, 0.29) is 6.10 Å². The monoisotopic (exact) mass is 237 g/mol. The van der Waals surface area contributed by atoms with Crippen LogP contribution in [0.3, 0.4) is 0 Å². The van der Waals surface area contributed by atoms with E-state index in [0.717, 1.165) is 11.0 Å². The van der Waals surface area contributed by atoms with E-state index in [1.165, 1.54) is 16.3 Å². The van der Waals surface area contributed by atoms with E-state index in [1.54, 1.807) is 7.11 Å². The topological polar surface area (TPSA) is 22.1 Å². The predicted molar refractivity (Wildman–Crippen MR) is 74.7 cm³/mol. The van der Waals surface area contributed by atoms with Crippen LogP contribution in [0.25, 0.3) is 21.8 Å². The van der Waals surface area contributed by atoms with E-state index in [9.17, 15) is 0 Å². The number of para-hydroxylation sites is 2. The molecule has 0 aliphatic carbocycles. The number of methoxy groups -OCH3 is 1. The second-order valence-electron chi connectivity index (χ2n) is 4.44. The second-order valence-corrected chi connectivity index (χ2v) is 4.44. The number of ether oxygens (including phenoxy) is 1. The second kappa shape index (κ2) is 4.39. The van der Waals surface area contributed by atoms with Gasteiger partial charge in [-0.2, -0.15) is 0 Å². The van der Waals surface area contributed by atoms with Gasteiger partial charge in [0.05, 0.1) is 17.1 Å². The first kappa shape index (κ1) is 11.2. The molecule has 18 heavy (non-hydrogen) atoms. The van der Waals surface area contributed by atoms with Crippen LogP contribution < -0.4 is 0 Å². The van der Waals surface area contributed by atoms with Gasteiger partial charge in [0, 0.05) is 17.9 Å². The number of pyridine rings is 1. The summed E-state index contributed by atoms with van der Waals surface area (Å²) in [6, 6.07) is 16.5. The zero-order valence-electron chi connectivity index (χ0n) is 10.6. The molecule has 2 nitrogen and oxygen atoms in total. The third-order valence-corrected chi connectivity index (χ3v) is 3.39. The highest BCUT2D eigenvalue weighted by atomic mass is 16.5. The molecule has 3 aromatic rings. The lowest BCUT2D eigenvalue weighted by Crippen LogP contribution is -1.99. The molecule has 0 saturated carbocycles. The number of benzene rings is 2. The van der Waals surface area contributed by atoms with Crippen molar-refractivity contribution in [2.75, 3.05) is 7.11 Å².